The Labute approximate surface area is 65.7 Å². The van der Waals surface area contributed by atoms with Gasteiger partial charge in [-0.2, -0.15) is 8.42 Å². The molecule has 0 amide bonds. The van der Waals surface area contributed by atoms with Crippen LogP contribution in [0.4, 0.5) is 0 Å². The second kappa shape index (κ2) is 1.98. The smallest absolute Gasteiger partial charge is 0.254 e. The molecule has 11 heavy (non-hydrogen) atoms. The summed E-state index contributed by atoms with van der Waals surface area (Å²) < 4.78 is 28.1. The SMILES string of the molecule is C=C1C2CCCOS(=O)(=O)N12. The summed E-state index contributed by atoms with van der Waals surface area (Å²) >= 11 is 0. The van der Waals surface area contributed by atoms with E-state index in [-0.39, 0.29) is 6.04 Å². The van der Waals surface area contributed by atoms with Crippen LogP contribution in [0.2, 0.25) is 0 Å². The minimum Gasteiger partial charge on any atom is -0.254 e. The van der Waals surface area contributed by atoms with E-state index < -0.39 is 10.3 Å². The van der Waals surface area contributed by atoms with Crippen LogP contribution in [0.15, 0.2) is 12.3 Å². The number of hydrogen-bond donors (Lipinski definition) is 0. The highest BCUT2D eigenvalue weighted by molar-refractivity contribution is 7.84. The molecular formula is C6H9NO3S. The molecule has 0 spiro atoms. The van der Waals surface area contributed by atoms with Gasteiger partial charge in [-0.3, -0.25) is 4.18 Å². The zero-order valence-corrected chi connectivity index (χ0v) is 6.80. The van der Waals surface area contributed by atoms with Crippen LogP contribution in [0.3, 0.4) is 0 Å². The summed E-state index contributed by atoms with van der Waals surface area (Å²) in [4.78, 5) is 0. The molecule has 62 valence electrons. The van der Waals surface area contributed by atoms with Crippen LogP contribution in [0.1, 0.15) is 12.8 Å². The van der Waals surface area contributed by atoms with Crippen LogP contribution in [-0.4, -0.2) is 25.4 Å². The molecule has 0 aromatic rings. The molecule has 2 heterocycles. The fraction of sp³-hybridized carbons (Fsp3) is 0.667. The zero-order valence-electron chi connectivity index (χ0n) is 5.99. The van der Waals surface area contributed by atoms with Gasteiger partial charge in [-0.1, -0.05) is 6.58 Å². The van der Waals surface area contributed by atoms with E-state index in [1.54, 1.807) is 0 Å². The van der Waals surface area contributed by atoms with Crippen molar-refractivity contribution in [1.29, 1.82) is 0 Å². The summed E-state index contributed by atoms with van der Waals surface area (Å²) in [5.74, 6) is 0. The van der Waals surface area contributed by atoms with E-state index >= 15 is 0 Å². The number of nitrogens with zero attached hydrogens (tertiary/aromatic N) is 1. The highest BCUT2D eigenvalue weighted by Gasteiger charge is 2.49. The minimum absolute atomic E-state index is 0.0301. The Balaban J connectivity index is 2.31. The van der Waals surface area contributed by atoms with Gasteiger partial charge in [0.05, 0.1) is 12.6 Å². The van der Waals surface area contributed by atoms with E-state index in [1.165, 1.54) is 4.31 Å². The molecule has 0 radical (unpaired) electrons. The van der Waals surface area contributed by atoms with Gasteiger partial charge >= 0.3 is 10.3 Å². The van der Waals surface area contributed by atoms with Crippen LogP contribution < -0.4 is 0 Å². The maximum absolute atomic E-state index is 11.1. The van der Waals surface area contributed by atoms with E-state index in [0.717, 1.165) is 12.8 Å². The maximum Gasteiger partial charge on any atom is 0.362 e. The Kier molecular flexibility index (Phi) is 1.28. The maximum atomic E-state index is 11.1. The predicted octanol–water partition coefficient (Wildman–Crippen LogP) is 0.240. The van der Waals surface area contributed by atoms with Crippen LogP contribution in [-0.2, 0) is 14.5 Å². The highest BCUT2D eigenvalue weighted by atomic mass is 32.2. The van der Waals surface area contributed by atoms with E-state index in [1.807, 2.05) is 0 Å². The predicted molar refractivity (Wildman–Crippen MR) is 38.9 cm³/mol. The third-order valence-electron chi connectivity index (χ3n) is 1.98. The van der Waals surface area contributed by atoms with Crippen molar-refractivity contribution in [2.45, 2.75) is 18.9 Å². The lowest BCUT2D eigenvalue weighted by atomic mass is 10.2. The Hall–Kier alpha value is -0.550. The molecule has 1 atom stereocenters. The van der Waals surface area contributed by atoms with Crippen molar-refractivity contribution in [2.24, 2.45) is 0 Å². The van der Waals surface area contributed by atoms with Gasteiger partial charge in [0, 0.05) is 5.70 Å². The number of fused-ring (bicyclic) bond motifs is 1. The van der Waals surface area contributed by atoms with Crippen molar-refractivity contribution in [2.75, 3.05) is 6.61 Å². The Morgan fingerprint density at radius 3 is 3.09 bits per heavy atom. The fourth-order valence-electron chi connectivity index (χ4n) is 1.34. The number of hydrogen-bond acceptors (Lipinski definition) is 3. The lowest BCUT2D eigenvalue weighted by molar-refractivity contribution is 0.308. The molecule has 2 fully saturated rings. The monoisotopic (exact) mass is 175 g/mol. The van der Waals surface area contributed by atoms with Gasteiger partial charge in [0.25, 0.3) is 0 Å². The van der Waals surface area contributed by atoms with Crippen molar-refractivity contribution in [3.63, 3.8) is 0 Å². The summed E-state index contributed by atoms with van der Waals surface area (Å²) in [5.41, 5.74) is 0.671. The third kappa shape index (κ3) is 0.954. The molecule has 0 aromatic heterocycles. The van der Waals surface area contributed by atoms with E-state index in [4.69, 9.17) is 0 Å². The van der Waals surface area contributed by atoms with Gasteiger partial charge in [-0.15, -0.1) is 0 Å². The second-order valence-corrected chi connectivity index (χ2v) is 4.21. The van der Waals surface area contributed by atoms with E-state index in [0.29, 0.717) is 12.3 Å². The first-order chi connectivity index (χ1) is 5.13. The van der Waals surface area contributed by atoms with Crippen molar-refractivity contribution in [3.05, 3.63) is 12.3 Å². The quantitative estimate of drug-likeness (QED) is 0.495. The van der Waals surface area contributed by atoms with Gasteiger partial charge < -0.3 is 0 Å². The zero-order chi connectivity index (χ0) is 8.06. The van der Waals surface area contributed by atoms with Crippen LogP contribution in [0.25, 0.3) is 0 Å². The van der Waals surface area contributed by atoms with Gasteiger partial charge in [0.1, 0.15) is 0 Å². The van der Waals surface area contributed by atoms with Crippen LogP contribution >= 0.6 is 0 Å². The molecule has 2 rings (SSSR count). The van der Waals surface area contributed by atoms with Crippen molar-refractivity contribution >= 4 is 10.3 Å². The summed E-state index contributed by atoms with van der Waals surface area (Å²) in [6.45, 7) is 3.92. The van der Waals surface area contributed by atoms with Gasteiger partial charge in [-0.25, -0.2) is 4.31 Å². The van der Waals surface area contributed by atoms with E-state index in [2.05, 4.69) is 10.8 Å². The molecule has 5 heteroatoms. The molecule has 0 aromatic carbocycles. The first-order valence-electron chi connectivity index (χ1n) is 3.50. The normalized spacial score (nSPS) is 34.4. The average molecular weight is 175 g/mol. The standard InChI is InChI=1S/C6H9NO3S/c1-5-6-3-2-4-10-11(8,9)7(5)6/h6H,1-4H2. The third-order valence-corrected chi connectivity index (χ3v) is 3.41. The molecule has 1 unspecified atom stereocenters. The summed E-state index contributed by atoms with van der Waals surface area (Å²) in [5, 5.41) is 0. The molecule has 0 N–H and O–H groups in total. The van der Waals surface area contributed by atoms with Gasteiger partial charge in [0.15, 0.2) is 0 Å². The summed E-state index contributed by atoms with van der Waals surface area (Å²) in [6.07, 6.45) is 1.64. The molecule has 4 nitrogen and oxygen atoms in total. The molecule has 2 aliphatic rings. The Morgan fingerprint density at radius 2 is 2.36 bits per heavy atom. The molecule has 0 bridgehead atoms. The van der Waals surface area contributed by atoms with Crippen molar-refractivity contribution < 1.29 is 12.6 Å². The van der Waals surface area contributed by atoms with E-state index in [9.17, 15) is 8.42 Å². The molecular weight excluding hydrogens is 166 g/mol. The first kappa shape index (κ1) is 7.12. The van der Waals surface area contributed by atoms with Crippen LogP contribution in [0, 0.1) is 0 Å². The van der Waals surface area contributed by atoms with Crippen LogP contribution in [0.5, 0.6) is 0 Å². The lowest BCUT2D eigenvalue weighted by Gasteiger charge is -2.01. The highest BCUT2D eigenvalue weighted by Crippen LogP contribution is 2.40. The first-order valence-corrected chi connectivity index (χ1v) is 4.87. The summed E-state index contributed by atoms with van der Waals surface area (Å²) in [7, 11) is -3.44. The Bertz CT molecular complexity index is 295. The molecule has 0 aliphatic carbocycles. The van der Waals surface area contributed by atoms with Crippen molar-refractivity contribution in [1.82, 2.24) is 4.31 Å². The average Bonchev–Trinajstić information content (AvgIpc) is 2.57. The topological polar surface area (TPSA) is 46.4 Å². The minimum atomic E-state index is -3.44. The van der Waals surface area contributed by atoms with Gasteiger partial charge in [0.2, 0.25) is 0 Å². The largest absolute Gasteiger partial charge is 0.362 e. The number of rotatable bonds is 0. The van der Waals surface area contributed by atoms with Gasteiger partial charge in [-0.05, 0) is 12.8 Å². The summed E-state index contributed by atoms with van der Waals surface area (Å²) in [6, 6.07) is 0.0301. The fourth-order valence-corrected chi connectivity index (χ4v) is 2.68. The molecule has 0 saturated carbocycles. The molecule has 2 saturated heterocycles. The Morgan fingerprint density at radius 1 is 1.64 bits per heavy atom. The lowest BCUT2D eigenvalue weighted by Crippen LogP contribution is -2.14. The second-order valence-electron chi connectivity index (χ2n) is 2.72. The molecule has 2 aliphatic heterocycles. The van der Waals surface area contributed by atoms with Crippen molar-refractivity contribution in [3.8, 4) is 0 Å².